The van der Waals surface area contributed by atoms with E-state index in [-0.39, 0.29) is 12.4 Å². The summed E-state index contributed by atoms with van der Waals surface area (Å²) in [7, 11) is 0. The fourth-order valence-electron chi connectivity index (χ4n) is 2.00. The maximum atomic E-state index is 12.1. The van der Waals surface area contributed by atoms with Crippen LogP contribution in [0.15, 0.2) is 30.3 Å². The van der Waals surface area contributed by atoms with Crippen molar-refractivity contribution < 1.29 is 19.1 Å². The molecular weight excluding hydrogens is 280 g/mol. The van der Waals surface area contributed by atoms with Gasteiger partial charge in [0, 0.05) is 0 Å². The average molecular weight is 306 g/mol. The van der Waals surface area contributed by atoms with E-state index in [2.05, 4.69) is 0 Å². The Hall–Kier alpha value is -1.84. The molecule has 1 unspecified atom stereocenters. The minimum absolute atomic E-state index is 0.101. The van der Waals surface area contributed by atoms with Gasteiger partial charge in [-0.15, -0.1) is 0 Å². The van der Waals surface area contributed by atoms with Gasteiger partial charge in [0.05, 0.1) is 18.6 Å². The molecule has 1 aromatic carbocycles. The third-order valence-corrected chi connectivity index (χ3v) is 2.99. The number of benzene rings is 1. The number of carbonyl (C=O) groups excluding carboxylic acids is 2. The predicted molar refractivity (Wildman–Crippen MR) is 85.5 cm³/mol. The summed E-state index contributed by atoms with van der Waals surface area (Å²) in [6, 6.07) is 8.80. The number of rotatable bonds is 8. The van der Waals surface area contributed by atoms with Gasteiger partial charge in [0.15, 0.2) is 0 Å². The van der Waals surface area contributed by atoms with Crippen molar-refractivity contribution in [2.24, 2.45) is 11.8 Å². The molecule has 0 aliphatic carbocycles. The van der Waals surface area contributed by atoms with Crippen molar-refractivity contribution in [2.45, 2.75) is 46.6 Å². The Morgan fingerprint density at radius 2 is 1.64 bits per heavy atom. The van der Waals surface area contributed by atoms with Crippen LogP contribution in [0, 0.1) is 11.8 Å². The number of hydrogen-bond acceptors (Lipinski definition) is 4. The Bertz CT molecular complexity index is 465. The van der Waals surface area contributed by atoms with Crippen LogP contribution in [0.1, 0.15) is 50.9 Å². The van der Waals surface area contributed by atoms with E-state index in [0.717, 1.165) is 0 Å². The zero-order chi connectivity index (χ0) is 16.5. The van der Waals surface area contributed by atoms with Crippen LogP contribution >= 0.6 is 0 Å². The van der Waals surface area contributed by atoms with Gasteiger partial charge in [-0.2, -0.15) is 0 Å². The van der Waals surface area contributed by atoms with E-state index in [1.54, 1.807) is 24.3 Å². The predicted octanol–water partition coefficient (Wildman–Crippen LogP) is 3.85. The maximum absolute atomic E-state index is 12.1. The molecule has 0 spiro atoms. The van der Waals surface area contributed by atoms with Gasteiger partial charge >= 0.3 is 11.9 Å². The van der Waals surface area contributed by atoms with E-state index >= 15 is 0 Å². The molecule has 4 heteroatoms. The molecule has 0 fully saturated rings. The van der Waals surface area contributed by atoms with Gasteiger partial charge in [0.2, 0.25) is 0 Å². The molecule has 0 radical (unpaired) electrons. The Morgan fingerprint density at radius 3 is 2.18 bits per heavy atom. The van der Waals surface area contributed by atoms with E-state index < -0.39 is 12.1 Å². The zero-order valence-corrected chi connectivity index (χ0v) is 13.9. The normalized spacial score (nSPS) is 12.3. The summed E-state index contributed by atoms with van der Waals surface area (Å²) >= 11 is 0. The molecule has 0 bridgehead atoms. The van der Waals surface area contributed by atoms with Crippen LogP contribution in [0.25, 0.3) is 0 Å². The Kier molecular flexibility index (Phi) is 7.64. The molecule has 0 aromatic heterocycles. The minimum atomic E-state index is -0.452. The molecule has 122 valence electrons. The Balaban J connectivity index is 2.60. The third-order valence-electron chi connectivity index (χ3n) is 2.99. The summed E-state index contributed by atoms with van der Waals surface area (Å²) in [4.78, 5) is 24.0. The van der Waals surface area contributed by atoms with Gasteiger partial charge in [-0.1, -0.05) is 45.9 Å². The Labute approximate surface area is 132 Å². The van der Waals surface area contributed by atoms with Crippen LogP contribution in [0.2, 0.25) is 0 Å². The molecule has 0 saturated heterocycles. The van der Waals surface area contributed by atoms with E-state index in [4.69, 9.17) is 9.47 Å². The van der Waals surface area contributed by atoms with Gasteiger partial charge in [-0.3, -0.25) is 4.79 Å². The average Bonchev–Trinajstić information content (AvgIpc) is 2.45. The Morgan fingerprint density at radius 1 is 1.00 bits per heavy atom. The maximum Gasteiger partial charge on any atom is 0.338 e. The van der Waals surface area contributed by atoms with Crippen molar-refractivity contribution in [1.29, 1.82) is 0 Å². The first kappa shape index (κ1) is 18.2. The molecular formula is C18H26O4. The van der Waals surface area contributed by atoms with E-state index in [1.165, 1.54) is 0 Å². The highest BCUT2D eigenvalue weighted by molar-refractivity contribution is 5.89. The first-order chi connectivity index (χ1) is 10.4. The molecule has 0 amide bonds. The lowest BCUT2D eigenvalue weighted by Gasteiger charge is -2.19. The summed E-state index contributed by atoms with van der Waals surface area (Å²) in [5, 5.41) is 0. The lowest BCUT2D eigenvalue weighted by molar-refractivity contribution is -0.147. The van der Waals surface area contributed by atoms with Crippen LogP contribution in [0.4, 0.5) is 0 Å². The van der Waals surface area contributed by atoms with Crippen LogP contribution < -0.4 is 0 Å². The molecule has 0 aliphatic rings. The second-order valence-corrected chi connectivity index (χ2v) is 6.30. The minimum Gasteiger partial charge on any atom is -0.465 e. The summed E-state index contributed by atoms with van der Waals surface area (Å²) < 4.78 is 10.7. The summed E-state index contributed by atoms with van der Waals surface area (Å²) in [6.07, 6.45) is 0.283. The van der Waals surface area contributed by atoms with Gasteiger partial charge in [-0.05, 0) is 30.4 Å². The second-order valence-electron chi connectivity index (χ2n) is 6.30. The smallest absolute Gasteiger partial charge is 0.338 e. The van der Waals surface area contributed by atoms with Crippen molar-refractivity contribution in [3.05, 3.63) is 35.9 Å². The molecule has 0 heterocycles. The first-order valence-corrected chi connectivity index (χ1v) is 7.80. The standard InChI is InChI=1S/C18H26O4/c1-13(2)10-16(11-17(19)21-12-14(3)4)22-18(20)15-8-6-5-7-9-15/h5-9,13-14,16H,10-12H2,1-4H3. The van der Waals surface area contributed by atoms with Crippen molar-refractivity contribution in [1.82, 2.24) is 0 Å². The summed E-state index contributed by atoms with van der Waals surface area (Å²) in [6.45, 7) is 8.41. The van der Waals surface area contributed by atoms with Crippen molar-refractivity contribution in [2.75, 3.05) is 6.61 Å². The highest BCUT2D eigenvalue weighted by atomic mass is 16.6. The largest absolute Gasteiger partial charge is 0.465 e. The lowest BCUT2D eigenvalue weighted by atomic mass is 10.0. The monoisotopic (exact) mass is 306 g/mol. The van der Waals surface area contributed by atoms with Crippen molar-refractivity contribution in [3.63, 3.8) is 0 Å². The third kappa shape index (κ3) is 7.25. The molecule has 4 nitrogen and oxygen atoms in total. The molecule has 1 rings (SSSR count). The molecule has 0 saturated carbocycles. The zero-order valence-electron chi connectivity index (χ0n) is 13.9. The fraction of sp³-hybridized carbons (Fsp3) is 0.556. The van der Waals surface area contributed by atoms with Crippen molar-refractivity contribution in [3.8, 4) is 0 Å². The topological polar surface area (TPSA) is 52.6 Å². The van der Waals surface area contributed by atoms with Gasteiger partial charge in [-0.25, -0.2) is 4.79 Å². The van der Waals surface area contributed by atoms with E-state index in [0.29, 0.717) is 30.4 Å². The first-order valence-electron chi connectivity index (χ1n) is 7.80. The van der Waals surface area contributed by atoms with Crippen molar-refractivity contribution >= 4 is 11.9 Å². The molecule has 1 aromatic rings. The van der Waals surface area contributed by atoms with Gasteiger partial charge in [0.1, 0.15) is 6.10 Å². The highest BCUT2D eigenvalue weighted by Crippen LogP contribution is 2.15. The number of carbonyl (C=O) groups is 2. The number of esters is 2. The van der Waals surface area contributed by atoms with Gasteiger partial charge in [0.25, 0.3) is 0 Å². The van der Waals surface area contributed by atoms with Crippen LogP contribution in [-0.2, 0) is 14.3 Å². The number of ether oxygens (including phenoxy) is 2. The molecule has 0 aliphatic heterocycles. The van der Waals surface area contributed by atoms with Crippen LogP contribution in [0.3, 0.4) is 0 Å². The van der Waals surface area contributed by atoms with E-state index in [9.17, 15) is 9.59 Å². The highest BCUT2D eigenvalue weighted by Gasteiger charge is 2.21. The van der Waals surface area contributed by atoms with Gasteiger partial charge < -0.3 is 9.47 Å². The second kappa shape index (κ2) is 9.23. The molecule has 0 N–H and O–H groups in total. The van der Waals surface area contributed by atoms with Crippen LogP contribution in [0.5, 0.6) is 0 Å². The summed E-state index contributed by atoms with van der Waals surface area (Å²) in [5.74, 6) is -0.103. The summed E-state index contributed by atoms with van der Waals surface area (Å²) in [5.41, 5.74) is 0.492. The SMILES string of the molecule is CC(C)COC(=O)CC(CC(C)C)OC(=O)c1ccccc1. The molecule has 1 atom stereocenters. The quantitative estimate of drug-likeness (QED) is 0.685. The van der Waals surface area contributed by atoms with Crippen LogP contribution in [-0.4, -0.2) is 24.6 Å². The number of hydrogen-bond donors (Lipinski definition) is 0. The van der Waals surface area contributed by atoms with E-state index in [1.807, 2.05) is 33.8 Å². The molecule has 22 heavy (non-hydrogen) atoms. The lowest BCUT2D eigenvalue weighted by Crippen LogP contribution is -2.25. The fourth-order valence-corrected chi connectivity index (χ4v) is 2.00.